The number of carbonyl (C=O) groups excluding carboxylic acids is 2. The number of pyridine rings is 1. The molecule has 1 aromatic heterocycles. The van der Waals surface area contributed by atoms with Crippen LogP contribution in [0.15, 0.2) is 103 Å². The number of aromatic nitrogens is 1. The summed E-state index contributed by atoms with van der Waals surface area (Å²) in [5, 5.41) is 6.53. The smallest absolute Gasteiger partial charge is 0.249 e. The van der Waals surface area contributed by atoms with Gasteiger partial charge in [0, 0.05) is 25.7 Å². The van der Waals surface area contributed by atoms with Gasteiger partial charge in [-0.05, 0) is 86.0 Å². The van der Waals surface area contributed by atoms with Gasteiger partial charge in [-0.2, -0.15) is 0 Å². The summed E-state index contributed by atoms with van der Waals surface area (Å²) in [5.41, 5.74) is 1.84. The van der Waals surface area contributed by atoms with Gasteiger partial charge in [-0.25, -0.2) is 0 Å². The fraction of sp³-hybridized carbons (Fsp3) is 0.324. The molecule has 1 saturated heterocycles. The number of unbranched alkanes of at least 4 members (excludes halogenated alkanes) is 2. The second-order valence-corrected chi connectivity index (χ2v) is 11.7. The van der Waals surface area contributed by atoms with Crippen LogP contribution in [0.4, 0.5) is 0 Å². The molecule has 0 unspecified atom stereocenters. The first kappa shape index (κ1) is 31.7. The molecule has 8 nitrogen and oxygen atoms in total. The van der Waals surface area contributed by atoms with E-state index in [0.717, 1.165) is 60.7 Å². The first-order chi connectivity index (χ1) is 21.9. The van der Waals surface area contributed by atoms with E-state index in [0.29, 0.717) is 25.1 Å². The maximum absolute atomic E-state index is 14.2. The predicted octanol–water partition coefficient (Wildman–Crippen LogP) is 6.06. The van der Waals surface area contributed by atoms with Crippen LogP contribution in [-0.2, 0) is 29.1 Å². The number of ether oxygens (including phenoxy) is 2. The highest BCUT2D eigenvalue weighted by molar-refractivity contribution is 5.99. The highest BCUT2D eigenvalue weighted by Crippen LogP contribution is 2.29. The molecule has 1 fully saturated rings. The molecule has 234 valence electrons. The van der Waals surface area contributed by atoms with Gasteiger partial charge in [0.25, 0.3) is 0 Å². The number of carbonyl (C=O) groups is 2. The Bertz CT molecular complexity index is 1510. The molecule has 2 amide bonds. The van der Waals surface area contributed by atoms with E-state index >= 15 is 0 Å². The SMILES string of the molecule is COc1ccc(C[C@@]2(C)NC(=O)[C@H](CCCCCNCc3ccccn3)N(Cc3ccc(Oc4ccccc4)cc3)C2=O)cc1. The molecule has 0 radical (unpaired) electrons. The van der Waals surface area contributed by atoms with Gasteiger partial charge < -0.3 is 25.0 Å². The van der Waals surface area contributed by atoms with Crippen molar-refractivity contribution in [2.45, 2.75) is 63.7 Å². The molecular formula is C37H42N4O4. The number of hydrogen-bond donors (Lipinski definition) is 2. The highest BCUT2D eigenvalue weighted by Gasteiger charge is 2.47. The lowest BCUT2D eigenvalue weighted by molar-refractivity contribution is -0.155. The van der Waals surface area contributed by atoms with Crippen molar-refractivity contribution in [3.63, 3.8) is 0 Å². The molecule has 1 aliphatic rings. The fourth-order valence-electron chi connectivity index (χ4n) is 5.72. The zero-order valence-corrected chi connectivity index (χ0v) is 26.1. The lowest BCUT2D eigenvalue weighted by atomic mass is 9.86. The Morgan fingerprint density at radius 1 is 0.822 bits per heavy atom. The molecule has 1 aliphatic heterocycles. The number of para-hydroxylation sites is 1. The van der Waals surface area contributed by atoms with E-state index in [-0.39, 0.29) is 11.8 Å². The lowest BCUT2D eigenvalue weighted by Crippen LogP contribution is -2.69. The number of benzene rings is 3. The van der Waals surface area contributed by atoms with E-state index < -0.39 is 11.6 Å². The van der Waals surface area contributed by atoms with Gasteiger partial charge in [-0.15, -0.1) is 0 Å². The summed E-state index contributed by atoms with van der Waals surface area (Å²) in [6.07, 6.45) is 5.56. The molecule has 45 heavy (non-hydrogen) atoms. The van der Waals surface area contributed by atoms with E-state index in [4.69, 9.17) is 9.47 Å². The van der Waals surface area contributed by atoms with Crippen LogP contribution < -0.4 is 20.1 Å². The van der Waals surface area contributed by atoms with Crippen molar-refractivity contribution in [3.05, 3.63) is 120 Å². The summed E-state index contributed by atoms with van der Waals surface area (Å²) in [4.78, 5) is 34.0. The van der Waals surface area contributed by atoms with E-state index in [1.807, 2.05) is 104 Å². The summed E-state index contributed by atoms with van der Waals surface area (Å²) in [7, 11) is 1.62. The van der Waals surface area contributed by atoms with Crippen molar-refractivity contribution in [1.29, 1.82) is 0 Å². The van der Waals surface area contributed by atoms with E-state index in [9.17, 15) is 9.59 Å². The second-order valence-electron chi connectivity index (χ2n) is 11.7. The molecular weight excluding hydrogens is 564 g/mol. The van der Waals surface area contributed by atoms with Crippen LogP contribution in [0.3, 0.4) is 0 Å². The zero-order valence-electron chi connectivity index (χ0n) is 26.1. The van der Waals surface area contributed by atoms with Crippen molar-refractivity contribution >= 4 is 11.8 Å². The summed E-state index contributed by atoms with van der Waals surface area (Å²) in [6.45, 7) is 3.76. The third kappa shape index (κ3) is 8.70. The first-order valence-corrected chi connectivity index (χ1v) is 15.6. The number of nitrogens with one attached hydrogen (secondary N) is 2. The van der Waals surface area contributed by atoms with Crippen molar-refractivity contribution in [3.8, 4) is 17.2 Å². The largest absolute Gasteiger partial charge is 0.497 e. The summed E-state index contributed by atoms with van der Waals surface area (Å²) >= 11 is 0. The molecule has 0 aliphatic carbocycles. The molecule has 5 rings (SSSR count). The Morgan fingerprint density at radius 2 is 1.51 bits per heavy atom. The molecule has 4 aromatic rings. The summed E-state index contributed by atoms with van der Waals surface area (Å²) in [6, 6.07) is 30.3. The standard InChI is InChI=1S/C37H42N4O4/c1-37(25-28-15-19-31(44-2)20-16-28)36(43)41(27-29-17-21-33(22-18-29)45-32-12-5-3-6-13-32)34(35(42)40-37)14-7-4-9-23-38-26-30-11-8-10-24-39-30/h3,5-6,8,10-13,15-22,24,34,38H,4,7,9,14,23,25-27H2,1-2H3,(H,40,42)/t34-,37+/m0/s1. The van der Waals surface area contributed by atoms with Gasteiger partial charge in [-0.3, -0.25) is 14.6 Å². The molecule has 0 saturated carbocycles. The average Bonchev–Trinajstić information content (AvgIpc) is 3.06. The van der Waals surface area contributed by atoms with Crippen LogP contribution in [0.1, 0.15) is 49.4 Å². The van der Waals surface area contributed by atoms with Crippen molar-refractivity contribution in [2.75, 3.05) is 13.7 Å². The van der Waals surface area contributed by atoms with Crippen LogP contribution >= 0.6 is 0 Å². The van der Waals surface area contributed by atoms with E-state index in [1.165, 1.54) is 0 Å². The van der Waals surface area contributed by atoms with Gasteiger partial charge in [-0.1, -0.05) is 61.4 Å². The Hall–Kier alpha value is -4.69. The number of amides is 2. The molecule has 0 spiro atoms. The van der Waals surface area contributed by atoms with Crippen LogP contribution in [-0.4, -0.2) is 46.9 Å². The van der Waals surface area contributed by atoms with E-state index in [2.05, 4.69) is 15.6 Å². The maximum atomic E-state index is 14.2. The number of hydrogen-bond acceptors (Lipinski definition) is 6. The molecule has 2 heterocycles. The van der Waals surface area contributed by atoms with Gasteiger partial charge in [0.1, 0.15) is 28.8 Å². The Kier molecular flexibility index (Phi) is 10.8. The lowest BCUT2D eigenvalue weighted by Gasteiger charge is -2.44. The van der Waals surface area contributed by atoms with Gasteiger partial charge in [0.05, 0.1) is 12.8 Å². The van der Waals surface area contributed by atoms with Gasteiger partial charge in [0.2, 0.25) is 11.8 Å². The first-order valence-electron chi connectivity index (χ1n) is 15.6. The molecule has 0 bridgehead atoms. The minimum Gasteiger partial charge on any atom is -0.497 e. The number of methoxy groups -OCH3 is 1. The van der Waals surface area contributed by atoms with Crippen molar-refractivity contribution < 1.29 is 19.1 Å². The number of piperazine rings is 1. The van der Waals surface area contributed by atoms with E-state index in [1.54, 1.807) is 18.2 Å². The molecule has 2 atom stereocenters. The number of rotatable bonds is 15. The normalized spacial score (nSPS) is 18.0. The monoisotopic (exact) mass is 606 g/mol. The number of nitrogens with zero attached hydrogens (tertiary/aromatic N) is 2. The minimum atomic E-state index is -1.06. The van der Waals surface area contributed by atoms with Crippen molar-refractivity contribution in [1.82, 2.24) is 20.5 Å². The maximum Gasteiger partial charge on any atom is 0.249 e. The average molecular weight is 607 g/mol. The van der Waals surface area contributed by atoms with Crippen LogP contribution in [0.2, 0.25) is 0 Å². The van der Waals surface area contributed by atoms with Gasteiger partial charge in [0.15, 0.2) is 0 Å². The molecule has 8 heteroatoms. The minimum absolute atomic E-state index is 0.0791. The highest BCUT2D eigenvalue weighted by atomic mass is 16.5. The Labute approximate surface area is 265 Å². The quantitative estimate of drug-likeness (QED) is 0.160. The Balaban J connectivity index is 1.24. The summed E-state index contributed by atoms with van der Waals surface area (Å²) < 4.78 is 11.2. The topological polar surface area (TPSA) is 92.8 Å². The van der Waals surface area contributed by atoms with Crippen molar-refractivity contribution in [2.24, 2.45) is 0 Å². The van der Waals surface area contributed by atoms with Crippen LogP contribution in [0, 0.1) is 0 Å². The third-order valence-electron chi connectivity index (χ3n) is 8.15. The zero-order chi connectivity index (χ0) is 31.5. The molecule has 3 aromatic carbocycles. The molecule has 2 N–H and O–H groups in total. The van der Waals surface area contributed by atoms with Crippen LogP contribution in [0.25, 0.3) is 0 Å². The van der Waals surface area contributed by atoms with Gasteiger partial charge >= 0.3 is 0 Å². The third-order valence-corrected chi connectivity index (χ3v) is 8.15. The Morgan fingerprint density at radius 3 is 2.22 bits per heavy atom. The fourth-order valence-corrected chi connectivity index (χ4v) is 5.72. The summed E-state index contributed by atoms with van der Waals surface area (Å²) in [5.74, 6) is 2.03. The second kappa shape index (κ2) is 15.3. The van der Waals surface area contributed by atoms with Crippen LogP contribution in [0.5, 0.6) is 17.2 Å². The predicted molar refractivity (Wildman–Crippen MR) is 175 cm³/mol.